The lowest BCUT2D eigenvalue weighted by atomic mass is 10.3. The van der Waals surface area contributed by atoms with E-state index in [0.717, 1.165) is 21.9 Å². The Morgan fingerprint density at radius 1 is 1.57 bits per heavy atom. The van der Waals surface area contributed by atoms with Gasteiger partial charge in [0.1, 0.15) is 5.52 Å². The zero-order valence-corrected chi connectivity index (χ0v) is 9.01. The van der Waals surface area contributed by atoms with Crippen molar-refractivity contribution in [3.63, 3.8) is 0 Å². The highest BCUT2D eigenvalue weighted by molar-refractivity contribution is 7.98. The molecule has 0 spiro atoms. The van der Waals surface area contributed by atoms with E-state index in [4.69, 9.17) is 5.73 Å². The van der Waals surface area contributed by atoms with Gasteiger partial charge in [-0.2, -0.15) is 0 Å². The zero-order valence-electron chi connectivity index (χ0n) is 8.19. The number of imidazole rings is 1. The van der Waals surface area contributed by atoms with Crippen LogP contribution in [0.25, 0.3) is 11.2 Å². The minimum Gasteiger partial charge on any atom is -0.326 e. The van der Waals surface area contributed by atoms with Gasteiger partial charge >= 0.3 is 0 Å². The Kier molecular flexibility index (Phi) is 2.43. The number of nitrogens with two attached hydrogens (primary N) is 1. The zero-order chi connectivity index (χ0) is 10.1. The van der Waals surface area contributed by atoms with Gasteiger partial charge in [-0.05, 0) is 17.9 Å². The van der Waals surface area contributed by atoms with Gasteiger partial charge in [0.2, 0.25) is 0 Å². The number of aromatic nitrogens is 3. The van der Waals surface area contributed by atoms with E-state index in [9.17, 15) is 0 Å². The van der Waals surface area contributed by atoms with Crippen LogP contribution in [0.2, 0.25) is 0 Å². The Hall–Kier alpha value is -1.07. The lowest BCUT2D eigenvalue weighted by Crippen LogP contribution is -1.97. The van der Waals surface area contributed by atoms with Crippen molar-refractivity contribution in [3.8, 4) is 0 Å². The van der Waals surface area contributed by atoms with Crippen LogP contribution in [0.5, 0.6) is 0 Å². The van der Waals surface area contributed by atoms with Crippen LogP contribution in [0.15, 0.2) is 17.4 Å². The first kappa shape index (κ1) is 9.48. The van der Waals surface area contributed by atoms with Gasteiger partial charge in [-0.3, -0.25) is 0 Å². The van der Waals surface area contributed by atoms with Crippen molar-refractivity contribution in [2.75, 3.05) is 6.26 Å². The maximum Gasteiger partial charge on any atom is 0.169 e. The number of fused-ring (bicyclic) bond motifs is 1. The third kappa shape index (κ3) is 1.38. The predicted octanol–water partition coefficient (Wildman–Crippen LogP) is 1.15. The normalized spacial score (nSPS) is 11.1. The fourth-order valence-electron chi connectivity index (χ4n) is 1.39. The molecule has 2 rings (SSSR count). The fraction of sp³-hybridized carbons (Fsp3) is 0.333. The number of thioether (sulfide) groups is 1. The number of pyridine rings is 1. The van der Waals surface area contributed by atoms with E-state index in [1.165, 1.54) is 0 Å². The molecular formula is C9H12N4S. The highest BCUT2D eigenvalue weighted by atomic mass is 32.2. The lowest BCUT2D eigenvalue weighted by molar-refractivity contribution is 0.807. The molecule has 0 saturated heterocycles. The van der Waals surface area contributed by atoms with Crippen LogP contribution in [-0.2, 0) is 13.6 Å². The Morgan fingerprint density at radius 2 is 2.36 bits per heavy atom. The molecule has 0 bridgehead atoms. The Bertz CT molecular complexity index is 463. The van der Waals surface area contributed by atoms with Gasteiger partial charge in [0.25, 0.3) is 0 Å². The first-order chi connectivity index (χ1) is 6.76. The molecule has 0 fully saturated rings. The van der Waals surface area contributed by atoms with Crippen molar-refractivity contribution in [1.82, 2.24) is 14.5 Å². The van der Waals surface area contributed by atoms with E-state index in [1.807, 2.05) is 23.9 Å². The first-order valence-corrected chi connectivity index (χ1v) is 5.54. The van der Waals surface area contributed by atoms with E-state index in [2.05, 4.69) is 9.97 Å². The summed E-state index contributed by atoms with van der Waals surface area (Å²) in [5.74, 6) is 0. The van der Waals surface area contributed by atoms with Crippen LogP contribution >= 0.6 is 11.8 Å². The number of rotatable bonds is 2. The van der Waals surface area contributed by atoms with E-state index >= 15 is 0 Å². The second-order valence-corrected chi connectivity index (χ2v) is 3.82. The Morgan fingerprint density at radius 3 is 3.00 bits per heavy atom. The van der Waals surface area contributed by atoms with Crippen molar-refractivity contribution in [1.29, 1.82) is 0 Å². The van der Waals surface area contributed by atoms with Crippen molar-refractivity contribution < 1.29 is 0 Å². The maximum absolute atomic E-state index is 5.54. The highest BCUT2D eigenvalue weighted by Crippen LogP contribution is 2.19. The summed E-state index contributed by atoms with van der Waals surface area (Å²) in [7, 11) is 1.97. The van der Waals surface area contributed by atoms with Crippen LogP contribution in [0, 0.1) is 0 Å². The molecule has 0 saturated carbocycles. The molecule has 0 aliphatic rings. The summed E-state index contributed by atoms with van der Waals surface area (Å²) in [6.07, 6.45) is 3.80. The monoisotopic (exact) mass is 208 g/mol. The van der Waals surface area contributed by atoms with Gasteiger partial charge in [0.15, 0.2) is 10.8 Å². The topological polar surface area (TPSA) is 56.7 Å². The van der Waals surface area contributed by atoms with Crippen LogP contribution < -0.4 is 5.73 Å². The third-order valence-corrected chi connectivity index (χ3v) is 2.87. The van der Waals surface area contributed by atoms with Crippen molar-refractivity contribution >= 4 is 22.9 Å². The van der Waals surface area contributed by atoms with Crippen molar-refractivity contribution in [3.05, 3.63) is 17.8 Å². The molecule has 0 amide bonds. The summed E-state index contributed by atoms with van der Waals surface area (Å²) >= 11 is 1.62. The predicted molar refractivity (Wildman–Crippen MR) is 58.2 cm³/mol. The third-order valence-electron chi connectivity index (χ3n) is 2.14. The van der Waals surface area contributed by atoms with Gasteiger partial charge in [0.05, 0.1) is 0 Å². The molecule has 0 aliphatic carbocycles. The summed E-state index contributed by atoms with van der Waals surface area (Å²) < 4.78 is 1.99. The van der Waals surface area contributed by atoms with Gasteiger partial charge in [-0.25, -0.2) is 9.97 Å². The van der Waals surface area contributed by atoms with Gasteiger partial charge < -0.3 is 10.3 Å². The quantitative estimate of drug-likeness (QED) is 0.752. The van der Waals surface area contributed by atoms with Crippen molar-refractivity contribution in [2.24, 2.45) is 12.8 Å². The second kappa shape index (κ2) is 3.59. The smallest absolute Gasteiger partial charge is 0.169 e. The molecule has 0 radical (unpaired) electrons. The molecule has 0 unspecified atom stereocenters. The molecule has 14 heavy (non-hydrogen) atoms. The average molecular weight is 208 g/mol. The van der Waals surface area contributed by atoms with E-state index in [1.54, 1.807) is 18.0 Å². The molecule has 2 N–H and O–H groups in total. The largest absolute Gasteiger partial charge is 0.326 e. The molecular weight excluding hydrogens is 196 g/mol. The summed E-state index contributed by atoms with van der Waals surface area (Å²) in [6.45, 7) is 0.508. The molecule has 0 aliphatic heterocycles. The summed E-state index contributed by atoms with van der Waals surface area (Å²) in [5, 5.41) is 0.974. The van der Waals surface area contributed by atoms with Crippen LogP contribution in [0.1, 0.15) is 5.56 Å². The number of aryl methyl sites for hydroxylation is 1. The van der Waals surface area contributed by atoms with Gasteiger partial charge in [-0.1, -0.05) is 11.8 Å². The molecule has 4 nitrogen and oxygen atoms in total. The SMILES string of the molecule is CSc1nc2cc(CN)cnc2n1C. The molecule has 2 aromatic rings. The highest BCUT2D eigenvalue weighted by Gasteiger charge is 2.07. The number of nitrogens with zero attached hydrogens (tertiary/aromatic N) is 3. The fourth-order valence-corrected chi connectivity index (χ4v) is 1.94. The molecule has 2 aromatic heterocycles. The average Bonchev–Trinajstić information content (AvgIpc) is 2.55. The van der Waals surface area contributed by atoms with Gasteiger partial charge in [-0.15, -0.1) is 0 Å². The van der Waals surface area contributed by atoms with E-state index < -0.39 is 0 Å². The number of hydrogen-bond donors (Lipinski definition) is 1. The standard InChI is InChI=1S/C9H12N4S/c1-13-8-7(12-9(13)14-2)3-6(4-10)5-11-8/h3,5H,4,10H2,1-2H3. The Labute approximate surface area is 86.5 Å². The van der Waals surface area contributed by atoms with Crippen LogP contribution in [-0.4, -0.2) is 20.8 Å². The summed E-state index contributed by atoms with van der Waals surface area (Å²) in [6, 6.07) is 1.99. The summed E-state index contributed by atoms with van der Waals surface area (Å²) in [4.78, 5) is 8.77. The van der Waals surface area contributed by atoms with Crippen LogP contribution in [0.3, 0.4) is 0 Å². The van der Waals surface area contributed by atoms with Gasteiger partial charge in [0, 0.05) is 19.8 Å². The molecule has 5 heteroatoms. The molecule has 74 valence electrons. The Balaban J connectivity index is 2.66. The van der Waals surface area contributed by atoms with Crippen molar-refractivity contribution in [2.45, 2.75) is 11.7 Å². The molecule has 2 heterocycles. The van der Waals surface area contributed by atoms with E-state index in [-0.39, 0.29) is 0 Å². The second-order valence-electron chi connectivity index (χ2n) is 3.05. The minimum atomic E-state index is 0.508. The molecule has 0 aromatic carbocycles. The number of hydrogen-bond acceptors (Lipinski definition) is 4. The van der Waals surface area contributed by atoms with Crippen LogP contribution in [0.4, 0.5) is 0 Å². The first-order valence-electron chi connectivity index (χ1n) is 4.31. The molecule has 0 atom stereocenters. The van der Waals surface area contributed by atoms with E-state index in [0.29, 0.717) is 6.54 Å². The maximum atomic E-state index is 5.54. The minimum absolute atomic E-state index is 0.508. The summed E-state index contributed by atoms with van der Waals surface area (Å²) in [5.41, 5.74) is 8.38. The lowest BCUT2D eigenvalue weighted by Gasteiger charge is -1.97.